The number of hydrogen-bond acceptors (Lipinski definition) is 4. The van der Waals surface area contributed by atoms with E-state index in [2.05, 4.69) is 31.5 Å². The van der Waals surface area contributed by atoms with Gasteiger partial charge >= 0.3 is 0 Å². The molecule has 17 heavy (non-hydrogen) atoms. The normalized spacial score (nSPS) is 11.6. The molecule has 0 aromatic carbocycles. The van der Waals surface area contributed by atoms with E-state index in [0.29, 0.717) is 5.78 Å². The lowest BCUT2D eigenvalue weighted by atomic mass is 10.3. The molecule has 3 heterocycles. The zero-order valence-corrected chi connectivity index (χ0v) is 9.96. The van der Waals surface area contributed by atoms with Gasteiger partial charge in [-0.05, 0) is 13.3 Å². The molecule has 0 spiro atoms. The van der Waals surface area contributed by atoms with E-state index in [1.54, 1.807) is 4.52 Å². The minimum absolute atomic E-state index is 0.633. The molecule has 3 rings (SSSR count). The van der Waals surface area contributed by atoms with Crippen LogP contribution >= 0.6 is 0 Å². The highest BCUT2D eigenvalue weighted by Gasteiger charge is 2.12. The first-order valence-electron chi connectivity index (χ1n) is 5.82. The van der Waals surface area contributed by atoms with E-state index in [1.807, 2.05) is 13.3 Å². The van der Waals surface area contributed by atoms with Crippen LogP contribution in [0.3, 0.4) is 0 Å². The van der Waals surface area contributed by atoms with Crippen LogP contribution in [0.1, 0.15) is 25.5 Å². The zero-order valence-electron chi connectivity index (χ0n) is 9.96. The Kier molecular flexibility index (Phi) is 2.28. The molecular weight excluding hydrogens is 216 g/mol. The van der Waals surface area contributed by atoms with Crippen molar-refractivity contribution >= 4 is 16.9 Å². The fourth-order valence-corrected chi connectivity index (χ4v) is 2.01. The first kappa shape index (κ1) is 10.2. The zero-order chi connectivity index (χ0) is 11.8. The fourth-order valence-electron chi connectivity index (χ4n) is 2.01. The first-order valence-corrected chi connectivity index (χ1v) is 5.82. The van der Waals surface area contributed by atoms with Gasteiger partial charge in [0.05, 0.1) is 12.0 Å². The topological polar surface area (TPSA) is 60.9 Å². The van der Waals surface area contributed by atoms with Crippen LogP contribution in [0, 0.1) is 6.92 Å². The summed E-state index contributed by atoms with van der Waals surface area (Å²) in [6, 6.07) is 0. The van der Waals surface area contributed by atoms with Crippen LogP contribution in [0.15, 0.2) is 12.7 Å². The van der Waals surface area contributed by atoms with Crippen LogP contribution in [0.25, 0.3) is 16.9 Å². The standard InChI is InChI=1S/C11H14N6/c1-3-4-5-16-7-13-9-8(2)15-11-12-6-14-17(11)10(9)16/h6-7H,3-5H2,1-2H3. The molecule has 0 N–H and O–H groups in total. The monoisotopic (exact) mass is 230 g/mol. The van der Waals surface area contributed by atoms with Crippen molar-refractivity contribution in [3.05, 3.63) is 18.3 Å². The summed E-state index contributed by atoms with van der Waals surface area (Å²) in [6.07, 6.45) is 5.67. The third-order valence-electron chi connectivity index (χ3n) is 2.90. The van der Waals surface area contributed by atoms with E-state index in [-0.39, 0.29) is 0 Å². The van der Waals surface area contributed by atoms with E-state index in [9.17, 15) is 0 Å². The summed E-state index contributed by atoms with van der Waals surface area (Å²) < 4.78 is 3.88. The minimum Gasteiger partial charge on any atom is -0.315 e. The molecule has 88 valence electrons. The summed E-state index contributed by atoms with van der Waals surface area (Å²) >= 11 is 0. The van der Waals surface area contributed by atoms with Gasteiger partial charge in [0.15, 0.2) is 5.65 Å². The van der Waals surface area contributed by atoms with Crippen molar-refractivity contribution in [2.75, 3.05) is 0 Å². The van der Waals surface area contributed by atoms with Gasteiger partial charge in [0.1, 0.15) is 11.8 Å². The second-order valence-corrected chi connectivity index (χ2v) is 4.13. The second kappa shape index (κ2) is 3.80. The van der Waals surface area contributed by atoms with Gasteiger partial charge in [-0.25, -0.2) is 9.97 Å². The predicted molar refractivity (Wildman–Crippen MR) is 63.7 cm³/mol. The molecule has 0 aliphatic rings. The number of rotatable bonds is 3. The average molecular weight is 230 g/mol. The second-order valence-electron chi connectivity index (χ2n) is 4.13. The summed E-state index contributed by atoms with van der Waals surface area (Å²) in [5.74, 6) is 0.633. The Bertz CT molecular complexity index is 665. The number of imidazole rings is 1. The largest absolute Gasteiger partial charge is 0.315 e. The van der Waals surface area contributed by atoms with Gasteiger partial charge in [-0.15, -0.1) is 0 Å². The summed E-state index contributed by atoms with van der Waals surface area (Å²) in [7, 11) is 0. The Balaban J connectivity index is 2.30. The molecule has 0 atom stereocenters. The lowest BCUT2D eigenvalue weighted by Crippen LogP contribution is -2.03. The molecule has 3 aromatic rings. The number of aryl methyl sites for hydroxylation is 2. The van der Waals surface area contributed by atoms with Crippen molar-refractivity contribution < 1.29 is 0 Å². The summed E-state index contributed by atoms with van der Waals surface area (Å²) in [6.45, 7) is 5.08. The van der Waals surface area contributed by atoms with E-state index in [0.717, 1.165) is 36.2 Å². The van der Waals surface area contributed by atoms with Gasteiger partial charge in [0, 0.05) is 6.54 Å². The molecule has 0 aliphatic carbocycles. The molecule has 0 bridgehead atoms. The molecule has 0 amide bonds. The van der Waals surface area contributed by atoms with E-state index < -0.39 is 0 Å². The molecule has 0 fully saturated rings. The molecule has 0 aliphatic heterocycles. The van der Waals surface area contributed by atoms with Crippen LogP contribution in [-0.2, 0) is 6.54 Å². The van der Waals surface area contributed by atoms with Crippen molar-refractivity contribution in [2.24, 2.45) is 0 Å². The number of unbranched alkanes of at least 4 members (excludes halogenated alkanes) is 1. The summed E-state index contributed by atoms with van der Waals surface area (Å²) in [4.78, 5) is 12.9. The SMILES string of the molecule is CCCCn1cnc2c(C)nc3ncnn3c21. The summed E-state index contributed by atoms with van der Waals surface area (Å²) in [5, 5.41) is 4.21. The van der Waals surface area contributed by atoms with Gasteiger partial charge < -0.3 is 4.57 Å². The lowest BCUT2D eigenvalue weighted by Gasteiger charge is -2.04. The van der Waals surface area contributed by atoms with Crippen molar-refractivity contribution in [3.63, 3.8) is 0 Å². The Hall–Kier alpha value is -1.98. The maximum Gasteiger partial charge on any atom is 0.254 e. The number of hydrogen-bond donors (Lipinski definition) is 0. The minimum atomic E-state index is 0.633. The highest BCUT2D eigenvalue weighted by molar-refractivity contribution is 5.75. The molecule has 6 nitrogen and oxygen atoms in total. The van der Waals surface area contributed by atoms with Crippen LogP contribution in [0.2, 0.25) is 0 Å². The number of aromatic nitrogens is 6. The van der Waals surface area contributed by atoms with Crippen LogP contribution in [0.4, 0.5) is 0 Å². The highest BCUT2D eigenvalue weighted by Crippen LogP contribution is 2.16. The predicted octanol–water partition coefficient (Wildman–Crippen LogP) is 1.58. The van der Waals surface area contributed by atoms with Crippen molar-refractivity contribution in [2.45, 2.75) is 33.2 Å². The lowest BCUT2D eigenvalue weighted by molar-refractivity contribution is 0.636. The number of fused-ring (bicyclic) bond motifs is 3. The van der Waals surface area contributed by atoms with E-state index >= 15 is 0 Å². The fraction of sp³-hybridized carbons (Fsp3) is 0.455. The molecule has 0 unspecified atom stereocenters. The summed E-state index contributed by atoms with van der Waals surface area (Å²) in [5.41, 5.74) is 2.79. The van der Waals surface area contributed by atoms with Crippen molar-refractivity contribution in [3.8, 4) is 0 Å². The molecule has 0 saturated carbocycles. The van der Waals surface area contributed by atoms with Gasteiger partial charge in [-0.2, -0.15) is 14.6 Å². The molecule has 6 heteroatoms. The maximum absolute atomic E-state index is 4.41. The van der Waals surface area contributed by atoms with Crippen LogP contribution < -0.4 is 0 Å². The van der Waals surface area contributed by atoms with Crippen LogP contribution in [0.5, 0.6) is 0 Å². The Morgan fingerprint density at radius 3 is 3.00 bits per heavy atom. The average Bonchev–Trinajstić information content (AvgIpc) is 2.91. The van der Waals surface area contributed by atoms with Crippen LogP contribution in [-0.4, -0.2) is 29.1 Å². The van der Waals surface area contributed by atoms with E-state index in [4.69, 9.17) is 0 Å². The smallest absolute Gasteiger partial charge is 0.254 e. The van der Waals surface area contributed by atoms with Gasteiger partial charge in [0.2, 0.25) is 0 Å². The van der Waals surface area contributed by atoms with Gasteiger partial charge in [0.25, 0.3) is 5.78 Å². The Morgan fingerprint density at radius 2 is 2.18 bits per heavy atom. The highest BCUT2D eigenvalue weighted by atomic mass is 15.4. The molecular formula is C11H14N6. The van der Waals surface area contributed by atoms with Crippen molar-refractivity contribution in [1.29, 1.82) is 0 Å². The quantitative estimate of drug-likeness (QED) is 0.685. The van der Waals surface area contributed by atoms with Gasteiger partial charge in [-0.1, -0.05) is 13.3 Å². The maximum atomic E-state index is 4.41. The Labute approximate surface area is 98.3 Å². The molecule has 0 radical (unpaired) electrons. The van der Waals surface area contributed by atoms with Gasteiger partial charge in [-0.3, -0.25) is 0 Å². The molecule has 3 aromatic heterocycles. The first-order chi connectivity index (χ1) is 8.31. The van der Waals surface area contributed by atoms with Crippen molar-refractivity contribution in [1.82, 2.24) is 29.1 Å². The third kappa shape index (κ3) is 1.48. The Morgan fingerprint density at radius 1 is 1.29 bits per heavy atom. The van der Waals surface area contributed by atoms with E-state index in [1.165, 1.54) is 6.33 Å². The molecule has 0 saturated heterocycles. The number of nitrogens with zero attached hydrogens (tertiary/aromatic N) is 6. The third-order valence-corrected chi connectivity index (χ3v) is 2.90.